The molecule has 29 heteroatoms. The highest BCUT2D eigenvalue weighted by Crippen LogP contribution is 2.46. The zero-order valence-electron chi connectivity index (χ0n) is 50.4. The Kier molecular flexibility index (Phi) is 18.7. The van der Waals surface area contributed by atoms with Crippen molar-refractivity contribution in [3.8, 4) is 34.5 Å². The minimum absolute atomic E-state index is 0.0290. The van der Waals surface area contributed by atoms with Crippen molar-refractivity contribution in [3.05, 3.63) is 177 Å². The number of halogens is 12. The van der Waals surface area contributed by atoms with Crippen LogP contribution < -0.4 is 28.4 Å². The maximum Gasteiger partial charge on any atom is 0.573 e. The van der Waals surface area contributed by atoms with Gasteiger partial charge in [0.1, 0.15) is 17.2 Å². The van der Waals surface area contributed by atoms with Gasteiger partial charge in [-0.15, -0.1) is 39.5 Å². The van der Waals surface area contributed by atoms with Crippen LogP contribution in [0.15, 0.2) is 109 Å². The van der Waals surface area contributed by atoms with E-state index in [4.69, 9.17) is 23.7 Å². The van der Waals surface area contributed by atoms with Gasteiger partial charge in [-0.05, 0) is 136 Å². The topological polar surface area (TPSA) is 191 Å². The third-order valence-corrected chi connectivity index (χ3v) is 15.5. The molecule has 0 fully saturated rings. The van der Waals surface area contributed by atoms with Gasteiger partial charge in [0.2, 0.25) is 5.60 Å². The van der Waals surface area contributed by atoms with Gasteiger partial charge in [-0.3, -0.25) is 37.7 Å². The Morgan fingerprint density at radius 2 is 0.840 bits per heavy atom. The number of nitrogens with zero attached hydrogens (tertiary/aromatic N) is 3. The highest BCUT2D eigenvalue weighted by Gasteiger charge is 2.51. The number of methoxy groups -OCH3 is 3. The summed E-state index contributed by atoms with van der Waals surface area (Å²) in [4.78, 5) is 90.2. The number of esters is 3. The molecule has 3 heterocycles. The molecule has 0 bridgehead atoms. The van der Waals surface area contributed by atoms with E-state index in [0.29, 0.717) is 0 Å². The first-order chi connectivity index (χ1) is 44.2. The van der Waals surface area contributed by atoms with Gasteiger partial charge in [0.05, 0.1) is 50.2 Å². The fourth-order valence-electron chi connectivity index (χ4n) is 11.4. The predicted molar refractivity (Wildman–Crippen MR) is 309 cm³/mol. The molecular formula is C65H51F12N3O14. The van der Waals surface area contributed by atoms with Crippen LogP contribution in [0.25, 0.3) is 32.7 Å². The number of rotatable bonds is 19. The number of carbonyl (C=O) groups excluding carboxylic acids is 6. The molecule has 0 aliphatic carbocycles. The molecule has 0 spiro atoms. The Hall–Kier alpha value is -10.5. The van der Waals surface area contributed by atoms with E-state index in [1.54, 1.807) is 6.92 Å². The maximum atomic E-state index is 16.1. The fourth-order valence-corrected chi connectivity index (χ4v) is 11.4. The summed E-state index contributed by atoms with van der Waals surface area (Å²) in [5, 5.41) is -0.372. The zero-order chi connectivity index (χ0) is 68.8. The van der Waals surface area contributed by atoms with E-state index in [1.165, 1.54) is 27.7 Å². The monoisotopic (exact) mass is 1330 g/mol. The summed E-state index contributed by atoms with van der Waals surface area (Å²) in [6.45, 7) is 6.76. The molecule has 17 nitrogen and oxygen atoms in total. The molecule has 0 aliphatic rings. The van der Waals surface area contributed by atoms with Gasteiger partial charge in [0, 0.05) is 73.7 Å². The molecule has 0 saturated carbocycles. The Morgan fingerprint density at radius 3 is 1.22 bits per heavy atom. The van der Waals surface area contributed by atoms with Crippen molar-refractivity contribution in [3.63, 3.8) is 0 Å². The second kappa shape index (κ2) is 25.9. The van der Waals surface area contributed by atoms with Crippen molar-refractivity contribution in [2.45, 2.75) is 90.9 Å². The molecule has 0 saturated heterocycles. The second-order valence-corrected chi connectivity index (χ2v) is 21.1. The first kappa shape index (κ1) is 67.9. The third kappa shape index (κ3) is 13.3. The molecule has 0 radical (unpaired) electrons. The third-order valence-electron chi connectivity index (χ3n) is 15.5. The van der Waals surface area contributed by atoms with Crippen LogP contribution in [-0.4, -0.2) is 89.7 Å². The maximum absolute atomic E-state index is 16.1. The molecule has 0 amide bonds. The summed E-state index contributed by atoms with van der Waals surface area (Å²) in [5.74, 6) is -15.8. The molecule has 6 aromatic carbocycles. The fraction of sp³-hybridized carbons (Fsp3) is 0.262. The van der Waals surface area contributed by atoms with Crippen LogP contribution in [0.2, 0.25) is 0 Å². The van der Waals surface area contributed by atoms with E-state index in [0.717, 1.165) is 144 Å². The Morgan fingerprint density at radius 1 is 0.479 bits per heavy atom. The molecule has 2 unspecified atom stereocenters. The molecule has 9 aromatic rings. The average Bonchev–Trinajstić information content (AvgIpc) is 1.53. The zero-order valence-corrected chi connectivity index (χ0v) is 50.4. The molecule has 94 heavy (non-hydrogen) atoms. The Labute approximate surface area is 523 Å². The second-order valence-electron chi connectivity index (χ2n) is 21.1. The first-order valence-electron chi connectivity index (χ1n) is 28.0. The van der Waals surface area contributed by atoms with E-state index in [-0.39, 0.29) is 90.4 Å². The van der Waals surface area contributed by atoms with Crippen LogP contribution >= 0.6 is 0 Å². The molecule has 3 aromatic heterocycles. The van der Waals surface area contributed by atoms with Crippen LogP contribution in [0.4, 0.5) is 52.7 Å². The van der Waals surface area contributed by atoms with Crippen molar-refractivity contribution in [1.82, 2.24) is 13.7 Å². The number of aromatic nitrogens is 3. The van der Waals surface area contributed by atoms with E-state index in [2.05, 4.69) is 14.2 Å². The van der Waals surface area contributed by atoms with Crippen LogP contribution in [0, 0.1) is 38.2 Å². The van der Waals surface area contributed by atoms with E-state index in [9.17, 15) is 58.7 Å². The molecule has 2 atom stereocenters. The van der Waals surface area contributed by atoms with Gasteiger partial charge in [-0.2, -0.15) is 0 Å². The van der Waals surface area contributed by atoms with Gasteiger partial charge >= 0.3 is 37.0 Å². The predicted octanol–water partition coefficient (Wildman–Crippen LogP) is 14.7. The molecule has 494 valence electrons. The lowest BCUT2D eigenvalue weighted by Crippen LogP contribution is -2.44. The standard InChI is InChI=1S/C65H51F12N3O14/c1-9-11-40(55-32(4)79(49-29-46(67)52(88-7)25-43(49)55)58(83)35-14-20-38(21-15-35)92-64(72,73)74)60(85)94-62(10-2,56-33(5)80(50-30-47(68)53(89-8)26-44(50)56)59(84)36-16-22-39(23-17-36)93-65(75,76)77)61(86)90-54(81)27-41-31(3)78(48-28-45(66)51(87-6)24-42(41)48)57(82)34-12-18-37(19-13-34)91-63(69,70)71/h12-26,28-30,40H,9-11,27H2,1-8H3. The number of fused-ring (bicyclic) bond motifs is 3. The summed E-state index contributed by atoms with van der Waals surface area (Å²) in [7, 11) is 3.27. The lowest BCUT2D eigenvalue weighted by molar-refractivity contribution is -0.275. The summed E-state index contributed by atoms with van der Waals surface area (Å²) >= 11 is 0. The lowest BCUT2D eigenvalue weighted by Gasteiger charge is -2.32. The van der Waals surface area contributed by atoms with Crippen LogP contribution in [0.1, 0.15) is 104 Å². The van der Waals surface area contributed by atoms with Crippen LogP contribution in [-0.2, 0) is 35.9 Å². The minimum Gasteiger partial charge on any atom is -0.494 e. The van der Waals surface area contributed by atoms with Gasteiger partial charge in [-0.25, -0.2) is 18.0 Å². The summed E-state index contributed by atoms with van der Waals surface area (Å²) in [6, 6.07) is 16.6. The van der Waals surface area contributed by atoms with Crippen LogP contribution in [0.5, 0.6) is 34.5 Å². The Balaban J connectivity index is 1.22. The van der Waals surface area contributed by atoms with Crippen molar-refractivity contribution in [1.29, 1.82) is 0 Å². The number of carbonyl (C=O) groups is 6. The number of benzene rings is 6. The number of hydrogen-bond donors (Lipinski definition) is 0. The SMILES string of the molecule is CCCC(C(=O)OC(CC)(C(=O)OC(=O)Cc1c(C)n(C(=O)c2ccc(OC(F)(F)F)cc2)c2cc(F)c(OC)cc12)c1c(C)n(C(=O)c2ccc(OC(F)(F)F)cc2)c2cc(F)c(OC)cc12)c1c(C)n(C(=O)c2ccc(OC(F)(F)F)cc2)c2cc(F)c(OC)cc12. The molecule has 9 rings (SSSR count). The van der Waals surface area contributed by atoms with E-state index in [1.807, 2.05) is 0 Å². The average molecular weight is 1330 g/mol. The Bertz CT molecular complexity index is 4490. The van der Waals surface area contributed by atoms with Crippen molar-refractivity contribution in [2.24, 2.45) is 0 Å². The normalized spacial score (nSPS) is 12.9. The van der Waals surface area contributed by atoms with Crippen molar-refractivity contribution < 1.29 is 119 Å². The van der Waals surface area contributed by atoms with Gasteiger partial charge < -0.3 is 37.9 Å². The molecular weight excluding hydrogens is 1270 g/mol. The summed E-state index contributed by atoms with van der Waals surface area (Å²) in [5.41, 5.74) is -5.86. The van der Waals surface area contributed by atoms with Gasteiger partial charge in [0.15, 0.2) is 34.7 Å². The number of hydrogen-bond acceptors (Lipinski definition) is 14. The molecule has 0 aliphatic heterocycles. The smallest absolute Gasteiger partial charge is 0.494 e. The summed E-state index contributed by atoms with van der Waals surface area (Å²) < 4.78 is 209. The number of alkyl halides is 9. The first-order valence-corrected chi connectivity index (χ1v) is 28.0. The highest BCUT2D eigenvalue weighted by molar-refractivity contribution is 6.09. The van der Waals surface area contributed by atoms with E-state index >= 15 is 22.8 Å². The van der Waals surface area contributed by atoms with Crippen molar-refractivity contribution in [2.75, 3.05) is 21.3 Å². The minimum atomic E-state index is -5.15. The lowest BCUT2D eigenvalue weighted by atomic mass is 9.87. The van der Waals surface area contributed by atoms with Gasteiger partial charge in [-0.1, -0.05) is 20.3 Å². The quantitative estimate of drug-likeness (QED) is 0.0422. The number of ether oxygens (including phenoxy) is 8. The van der Waals surface area contributed by atoms with E-state index < -0.39 is 137 Å². The van der Waals surface area contributed by atoms with Crippen molar-refractivity contribution >= 4 is 68.3 Å². The van der Waals surface area contributed by atoms with Crippen LogP contribution in [0.3, 0.4) is 0 Å². The summed E-state index contributed by atoms with van der Waals surface area (Å²) in [6.07, 6.45) is -17.2. The van der Waals surface area contributed by atoms with Gasteiger partial charge in [0.25, 0.3) is 17.7 Å². The largest absolute Gasteiger partial charge is 0.573 e. The highest BCUT2D eigenvalue weighted by atomic mass is 19.4. The molecule has 0 N–H and O–H groups in total.